The summed E-state index contributed by atoms with van der Waals surface area (Å²) >= 11 is 3.41. The molecule has 1 fully saturated rings. The Bertz CT molecular complexity index is 447. The number of methoxy groups -OCH3 is 1. The second-order valence-corrected chi connectivity index (χ2v) is 5.49. The standard InChI is InChI=1S/C13H19BrN2O3/c1-3-11-9(4-6-19-11)13(17)12-10(14)8-15-16(12)5-7-18-2/h8-9,11H,3-7H2,1-2H3. The van der Waals surface area contributed by atoms with Gasteiger partial charge in [0.2, 0.25) is 0 Å². The molecule has 0 amide bonds. The van der Waals surface area contributed by atoms with E-state index in [1.165, 1.54) is 0 Å². The van der Waals surface area contributed by atoms with Gasteiger partial charge in [-0.15, -0.1) is 0 Å². The van der Waals surface area contributed by atoms with Crippen molar-refractivity contribution < 1.29 is 14.3 Å². The average Bonchev–Trinajstić information content (AvgIpc) is 3.02. The normalized spacial score (nSPS) is 22.9. The number of rotatable bonds is 6. The number of aromatic nitrogens is 2. The molecule has 1 saturated heterocycles. The van der Waals surface area contributed by atoms with E-state index in [0.717, 1.165) is 17.3 Å². The summed E-state index contributed by atoms with van der Waals surface area (Å²) in [5.41, 5.74) is 0.631. The molecular formula is C13H19BrN2O3. The average molecular weight is 331 g/mol. The van der Waals surface area contributed by atoms with Gasteiger partial charge in [-0.3, -0.25) is 9.48 Å². The van der Waals surface area contributed by atoms with E-state index in [-0.39, 0.29) is 17.8 Å². The van der Waals surface area contributed by atoms with Gasteiger partial charge in [-0.05, 0) is 28.8 Å². The quantitative estimate of drug-likeness (QED) is 0.751. The molecule has 2 atom stereocenters. The maximum Gasteiger partial charge on any atom is 0.187 e. The number of hydrogen-bond donors (Lipinski definition) is 0. The summed E-state index contributed by atoms with van der Waals surface area (Å²) in [4.78, 5) is 12.7. The van der Waals surface area contributed by atoms with Crippen LogP contribution in [0.25, 0.3) is 0 Å². The van der Waals surface area contributed by atoms with Gasteiger partial charge in [0.15, 0.2) is 5.78 Å². The van der Waals surface area contributed by atoms with E-state index in [1.807, 2.05) is 6.92 Å². The zero-order valence-electron chi connectivity index (χ0n) is 11.3. The number of nitrogens with zero attached hydrogens (tertiary/aromatic N) is 2. The lowest BCUT2D eigenvalue weighted by Crippen LogP contribution is -2.26. The van der Waals surface area contributed by atoms with Crippen molar-refractivity contribution in [2.24, 2.45) is 5.92 Å². The summed E-state index contributed by atoms with van der Waals surface area (Å²) in [6, 6.07) is 0. The summed E-state index contributed by atoms with van der Waals surface area (Å²) < 4.78 is 13.1. The van der Waals surface area contributed by atoms with E-state index >= 15 is 0 Å². The van der Waals surface area contributed by atoms with Crippen LogP contribution in [0.1, 0.15) is 30.3 Å². The van der Waals surface area contributed by atoms with Gasteiger partial charge in [0, 0.05) is 13.7 Å². The minimum absolute atomic E-state index is 0.0326. The van der Waals surface area contributed by atoms with Crippen LogP contribution in [-0.4, -0.2) is 42.0 Å². The third kappa shape index (κ3) is 3.07. The fourth-order valence-corrected chi connectivity index (χ4v) is 2.97. The van der Waals surface area contributed by atoms with Crippen LogP contribution in [0.15, 0.2) is 10.7 Å². The summed E-state index contributed by atoms with van der Waals surface area (Å²) in [5.74, 6) is 0.0594. The number of ketones is 1. The molecule has 1 aromatic rings. The van der Waals surface area contributed by atoms with Crippen LogP contribution in [-0.2, 0) is 16.0 Å². The smallest absolute Gasteiger partial charge is 0.187 e. The minimum atomic E-state index is -0.0562. The van der Waals surface area contributed by atoms with Crippen LogP contribution in [0.4, 0.5) is 0 Å². The van der Waals surface area contributed by atoms with E-state index < -0.39 is 0 Å². The fourth-order valence-electron chi connectivity index (χ4n) is 2.48. The van der Waals surface area contributed by atoms with Gasteiger partial charge in [0.05, 0.1) is 35.8 Å². The molecule has 0 N–H and O–H groups in total. The van der Waals surface area contributed by atoms with Gasteiger partial charge in [0.1, 0.15) is 5.69 Å². The Kier molecular flexibility index (Phi) is 5.13. The number of Topliss-reactive ketones (excluding diaryl/α,β-unsaturated/α-hetero) is 1. The highest BCUT2D eigenvalue weighted by molar-refractivity contribution is 9.10. The monoisotopic (exact) mass is 330 g/mol. The molecule has 2 rings (SSSR count). The maximum absolute atomic E-state index is 12.7. The summed E-state index contributed by atoms with van der Waals surface area (Å²) in [7, 11) is 1.64. The van der Waals surface area contributed by atoms with Crippen molar-refractivity contribution >= 4 is 21.7 Å². The van der Waals surface area contributed by atoms with Crippen molar-refractivity contribution in [1.82, 2.24) is 9.78 Å². The number of carbonyl (C=O) groups is 1. The molecule has 1 aromatic heterocycles. The molecule has 106 valence electrons. The Hall–Kier alpha value is -0.720. The zero-order valence-corrected chi connectivity index (χ0v) is 12.9. The van der Waals surface area contributed by atoms with Crippen LogP contribution in [0.5, 0.6) is 0 Å². The molecule has 1 aliphatic rings. The summed E-state index contributed by atoms with van der Waals surface area (Å²) in [6.07, 6.45) is 3.35. The molecule has 2 heterocycles. The van der Waals surface area contributed by atoms with Gasteiger partial charge >= 0.3 is 0 Å². The first-order valence-corrected chi connectivity index (χ1v) is 7.34. The van der Waals surface area contributed by atoms with Gasteiger partial charge in [-0.25, -0.2) is 0 Å². The van der Waals surface area contributed by atoms with Crippen molar-refractivity contribution in [3.05, 3.63) is 16.4 Å². The van der Waals surface area contributed by atoms with Crippen LogP contribution >= 0.6 is 15.9 Å². The van der Waals surface area contributed by atoms with E-state index in [9.17, 15) is 4.79 Å². The maximum atomic E-state index is 12.7. The molecule has 0 radical (unpaired) electrons. The highest BCUT2D eigenvalue weighted by Gasteiger charge is 2.35. The minimum Gasteiger partial charge on any atom is -0.383 e. The van der Waals surface area contributed by atoms with Crippen molar-refractivity contribution in [2.75, 3.05) is 20.3 Å². The van der Waals surface area contributed by atoms with Crippen molar-refractivity contribution in [2.45, 2.75) is 32.4 Å². The summed E-state index contributed by atoms with van der Waals surface area (Å²) in [5, 5.41) is 4.22. The molecule has 0 saturated carbocycles. The van der Waals surface area contributed by atoms with Crippen LogP contribution < -0.4 is 0 Å². The highest BCUT2D eigenvalue weighted by atomic mass is 79.9. The van der Waals surface area contributed by atoms with E-state index in [0.29, 0.717) is 25.5 Å². The number of halogens is 1. The molecule has 1 aliphatic heterocycles. The largest absolute Gasteiger partial charge is 0.383 e. The second-order valence-electron chi connectivity index (χ2n) is 4.63. The predicted molar refractivity (Wildman–Crippen MR) is 74.3 cm³/mol. The van der Waals surface area contributed by atoms with Crippen molar-refractivity contribution in [3.8, 4) is 0 Å². The van der Waals surface area contributed by atoms with E-state index in [2.05, 4.69) is 21.0 Å². The van der Waals surface area contributed by atoms with Gasteiger partial charge in [-0.1, -0.05) is 6.92 Å². The Morgan fingerprint density at radius 3 is 3.16 bits per heavy atom. The highest BCUT2D eigenvalue weighted by Crippen LogP contribution is 2.29. The zero-order chi connectivity index (χ0) is 13.8. The van der Waals surface area contributed by atoms with E-state index in [1.54, 1.807) is 18.0 Å². The van der Waals surface area contributed by atoms with E-state index in [4.69, 9.17) is 9.47 Å². The number of carbonyl (C=O) groups excluding carboxylic acids is 1. The molecule has 5 nitrogen and oxygen atoms in total. The van der Waals surface area contributed by atoms with Crippen LogP contribution in [0.3, 0.4) is 0 Å². The molecule has 0 aromatic carbocycles. The SMILES string of the molecule is CCC1OCCC1C(=O)c1c(Br)cnn1CCOC. The van der Waals surface area contributed by atoms with Crippen LogP contribution in [0.2, 0.25) is 0 Å². The number of ether oxygens (including phenoxy) is 2. The van der Waals surface area contributed by atoms with Gasteiger partial charge in [-0.2, -0.15) is 5.10 Å². The molecule has 6 heteroatoms. The molecule has 0 aliphatic carbocycles. The molecule has 0 bridgehead atoms. The van der Waals surface area contributed by atoms with Gasteiger partial charge < -0.3 is 9.47 Å². The Morgan fingerprint density at radius 2 is 2.47 bits per heavy atom. The first-order chi connectivity index (χ1) is 9.19. The molecule has 19 heavy (non-hydrogen) atoms. The lowest BCUT2D eigenvalue weighted by molar-refractivity contribution is 0.0678. The Labute approximate surface area is 121 Å². The molecular weight excluding hydrogens is 312 g/mol. The summed E-state index contributed by atoms with van der Waals surface area (Å²) in [6.45, 7) is 3.83. The second kappa shape index (κ2) is 6.63. The molecule has 0 spiro atoms. The third-order valence-electron chi connectivity index (χ3n) is 3.48. The van der Waals surface area contributed by atoms with Crippen molar-refractivity contribution in [3.63, 3.8) is 0 Å². The predicted octanol–water partition coefficient (Wildman–Crippen LogP) is 2.29. The Balaban J connectivity index is 2.20. The first kappa shape index (κ1) is 14.7. The number of hydrogen-bond acceptors (Lipinski definition) is 4. The first-order valence-electron chi connectivity index (χ1n) is 6.55. The lowest BCUT2D eigenvalue weighted by atomic mass is 9.93. The Morgan fingerprint density at radius 1 is 1.68 bits per heavy atom. The lowest BCUT2D eigenvalue weighted by Gasteiger charge is -2.16. The fraction of sp³-hybridized carbons (Fsp3) is 0.692. The van der Waals surface area contributed by atoms with Crippen LogP contribution in [0, 0.1) is 5.92 Å². The van der Waals surface area contributed by atoms with Crippen molar-refractivity contribution in [1.29, 1.82) is 0 Å². The topological polar surface area (TPSA) is 53.3 Å². The molecule has 2 unspecified atom stereocenters. The third-order valence-corrected chi connectivity index (χ3v) is 4.06. The van der Waals surface area contributed by atoms with Gasteiger partial charge in [0.25, 0.3) is 0 Å².